The number of rotatable bonds is 3. The largest absolute Gasteiger partial charge is 0.456 e. The fourth-order valence-electron chi connectivity index (χ4n) is 9.85. The predicted molar refractivity (Wildman–Crippen MR) is 232 cm³/mol. The number of fused-ring (bicyclic) bond motifs is 11. The van der Waals surface area contributed by atoms with E-state index in [-0.39, 0.29) is 5.41 Å². The predicted octanol–water partition coefficient (Wildman–Crippen LogP) is 14.6. The Hall–Kier alpha value is -6.90. The summed E-state index contributed by atoms with van der Waals surface area (Å²) in [5.74, 6) is 0. The van der Waals surface area contributed by atoms with Gasteiger partial charge in [0.05, 0.1) is 11.0 Å². The van der Waals surface area contributed by atoms with E-state index in [1.807, 2.05) is 6.07 Å². The SMILES string of the molecule is CC1(C)c2ccccc2-c2ccc(-c3c4ccccc4c(-c4ccc(-n5c6ccccc6c6cc7oc8ccccc8c7cc65)cc4)c4ccccc34)cc21. The first kappa shape index (κ1) is 30.6. The molecule has 0 atom stereocenters. The van der Waals surface area contributed by atoms with Crippen molar-refractivity contribution in [2.24, 2.45) is 0 Å². The van der Waals surface area contributed by atoms with E-state index in [1.54, 1.807) is 0 Å². The summed E-state index contributed by atoms with van der Waals surface area (Å²) < 4.78 is 8.73. The molecule has 0 saturated carbocycles. The van der Waals surface area contributed by atoms with Crippen LogP contribution in [0.25, 0.3) is 104 Å². The lowest BCUT2D eigenvalue weighted by atomic mass is 9.80. The summed E-state index contributed by atoms with van der Waals surface area (Å²) in [5, 5.41) is 9.75. The van der Waals surface area contributed by atoms with Crippen LogP contribution < -0.4 is 0 Å². The lowest BCUT2D eigenvalue weighted by Gasteiger charge is -2.23. The van der Waals surface area contributed by atoms with Crippen LogP contribution in [-0.2, 0) is 5.41 Å². The summed E-state index contributed by atoms with van der Waals surface area (Å²) in [6, 6.07) is 64.7. The Morgan fingerprint density at radius 2 is 0.945 bits per heavy atom. The molecule has 0 amide bonds. The van der Waals surface area contributed by atoms with Gasteiger partial charge < -0.3 is 8.98 Å². The van der Waals surface area contributed by atoms with E-state index in [9.17, 15) is 0 Å². The molecule has 0 unspecified atom stereocenters. The minimum atomic E-state index is -0.0656. The molecule has 1 aliphatic rings. The van der Waals surface area contributed by atoms with Crippen molar-refractivity contribution in [1.82, 2.24) is 4.57 Å². The average molecular weight is 702 g/mol. The topological polar surface area (TPSA) is 18.1 Å². The highest BCUT2D eigenvalue weighted by Crippen LogP contribution is 2.51. The van der Waals surface area contributed by atoms with Gasteiger partial charge in [0.15, 0.2) is 0 Å². The highest BCUT2D eigenvalue weighted by molar-refractivity contribution is 6.22. The minimum Gasteiger partial charge on any atom is -0.456 e. The van der Waals surface area contributed by atoms with Gasteiger partial charge in [0, 0.05) is 32.6 Å². The molecule has 9 aromatic carbocycles. The van der Waals surface area contributed by atoms with E-state index in [1.165, 1.54) is 87.9 Å². The number of benzene rings is 9. The van der Waals surface area contributed by atoms with E-state index >= 15 is 0 Å². The van der Waals surface area contributed by atoms with Gasteiger partial charge in [0.25, 0.3) is 0 Å². The Labute approximate surface area is 318 Å². The first-order valence-electron chi connectivity index (χ1n) is 19.2. The van der Waals surface area contributed by atoms with Crippen molar-refractivity contribution in [2.45, 2.75) is 19.3 Å². The molecule has 2 nitrogen and oxygen atoms in total. The average Bonchev–Trinajstić information content (AvgIpc) is 3.84. The molecular formula is C53H35NO. The Morgan fingerprint density at radius 1 is 0.382 bits per heavy atom. The van der Waals surface area contributed by atoms with Gasteiger partial charge in [-0.25, -0.2) is 0 Å². The quantitative estimate of drug-likeness (QED) is 0.168. The zero-order valence-electron chi connectivity index (χ0n) is 30.6. The Morgan fingerprint density at radius 3 is 1.67 bits per heavy atom. The summed E-state index contributed by atoms with van der Waals surface area (Å²) in [6.45, 7) is 4.73. The lowest BCUT2D eigenvalue weighted by molar-refractivity contribution is 0.660. The molecule has 0 N–H and O–H groups in total. The van der Waals surface area contributed by atoms with E-state index in [0.29, 0.717) is 0 Å². The third kappa shape index (κ3) is 4.20. The van der Waals surface area contributed by atoms with Gasteiger partial charge in [-0.05, 0) is 109 Å². The molecule has 0 bridgehead atoms. The van der Waals surface area contributed by atoms with Crippen LogP contribution in [-0.4, -0.2) is 4.57 Å². The molecule has 11 aromatic rings. The normalized spacial score (nSPS) is 13.4. The molecule has 0 radical (unpaired) electrons. The van der Waals surface area contributed by atoms with Gasteiger partial charge >= 0.3 is 0 Å². The summed E-state index contributed by atoms with van der Waals surface area (Å²) >= 11 is 0. The number of furan rings is 1. The van der Waals surface area contributed by atoms with Crippen LogP contribution in [0.1, 0.15) is 25.0 Å². The summed E-state index contributed by atoms with van der Waals surface area (Å²) in [4.78, 5) is 0. The molecule has 12 rings (SSSR count). The molecular weight excluding hydrogens is 667 g/mol. The van der Waals surface area contributed by atoms with E-state index in [0.717, 1.165) is 27.6 Å². The first-order valence-corrected chi connectivity index (χ1v) is 19.2. The first-order chi connectivity index (χ1) is 27.0. The molecule has 0 spiro atoms. The summed E-state index contributed by atoms with van der Waals surface area (Å²) in [6.07, 6.45) is 0. The Kier molecular flexibility index (Phi) is 6.15. The van der Waals surface area contributed by atoms with Crippen molar-refractivity contribution in [3.05, 3.63) is 187 Å². The van der Waals surface area contributed by atoms with Crippen LogP contribution in [0.3, 0.4) is 0 Å². The lowest BCUT2D eigenvalue weighted by Crippen LogP contribution is -2.14. The molecule has 0 saturated heterocycles. The maximum Gasteiger partial charge on any atom is 0.136 e. The zero-order valence-corrected chi connectivity index (χ0v) is 30.6. The van der Waals surface area contributed by atoms with E-state index in [2.05, 4.69) is 188 Å². The van der Waals surface area contributed by atoms with Crippen LogP contribution >= 0.6 is 0 Å². The third-order valence-corrected chi connectivity index (χ3v) is 12.4. The van der Waals surface area contributed by atoms with Crippen LogP contribution in [0.2, 0.25) is 0 Å². The van der Waals surface area contributed by atoms with Crippen molar-refractivity contribution >= 4 is 65.3 Å². The number of aromatic nitrogens is 1. The molecule has 258 valence electrons. The third-order valence-electron chi connectivity index (χ3n) is 12.4. The second-order valence-electron chi connectivity index (χ2n) is 15.6. The maximum absolute atomic E-state index is 6.33. The molecule has 2 heteroatoms. The van der Waals surface area contributed by atoms with Crippen molar-refractivity contribution in [2.75, 3.05) is 0 Å². The van der Waals surface area contributed by atoms with Gasteiger partial charge in [0.1, 0.15) is 11.2 Å². The number of para-hydroxylation sites is 2. The van der Waals surface area contributed by atoms with Gasteiger partial charge in [-0.3, -0.25) is 0 Å². The van der Waals surface area contributed by atoms with Crippen molar-refractivity contribution in [3.8, 4) is 39.1 Å². The molecule has 0 fully saturated rings. The number of hydrogen-bond acceptors (Lipinski definition) is 1. The highest BCUT2D eigenvalue weighted by Gasteiger charge is 2.35. The highest BCUT2D eigenvalue weighted by atomic mass is 16.3. The fourth-order valence-corrected chi connectivity index (χ4v) is 9.85. The Balaban J connectivity index is 1.05. The van der Waals surface area contributed by atoms with Gasteiger partial charge in [0.2, 0.25) is 0 Å². The van der Waals surface area contributed by atoms with Crippen molar-refractivity contribution in [1.29, 1.82) is 0 Å². The second kappa shape index (κ2) is 11.1. The van der Waals surface area contributed by atoms with Crippen LogP contribution in [0.4, 0.5) is 0 Å². The van der Waals surface area contributed by atoms with Crippen molar-refractivity contribution in [3.63, 3.8) is 0 Å². The monoisotopic (exact) mass is 701 g/mol. The molecule has 2 heterocycles. The standard InChI is InChI=1S/C53H35NO/c1-53(2)45-20-10-7-13-35(45)36-28-25-33(29-46(36)53)52-41-18-5-3-16-39(41)51(40-17-4-6-19-42(40)52)32-23-26-34(27-24-32)54-47-21-11-8-14-37(47)43-31-50-44(30-48(43)54)38-15-9-12-22-49(38)55-50/h3-31H,1-2H3. The van der Waals surface area contributed by atoms with Crippen molar-refractivity contribution < 1.29 is 4.42 Å². The molecule has 0 aliphatic heterocycles. The van der Waals surface area contributed by atoms with Gasteiger partial charge in [-0.1, -0.05) is 147 Å². The van der Waals surface area contributed by atoms with Gasteiger partial charge in [-0.15, -0.1) is 0 Å². The summed E-state index contributed by atoms with van der Waals surface area (Å²) in [7, 11) is 0. The second-order valence-corrected chi connectivity index (χ2v) is 15.6. The molecule has 55 heavy (non-hydrogen) atoms. The van der Waals surface area contributed by atoms with Gasteiger partial charge in [-0.2, -0.15) is 0 Å². The molecule has 2 aromatic heterocycles. The van der Waals surface area contributed by atoms with Crippen LogP contribution in [0.5, 0.6) is 0 Å². The number of hydrogen-bond donors (Lipinski definition) is 0. The van der Waals surface area contributed by atoms with E-state index < -0.39 is 0 Å². The zero-order chi connectivity index (χ0) is 36.4. The minimum absolute atomic E-state index is 0.0656. The smallest absolute Gasteiger partial charge is 0.136 e. The number of nitrogens with zero attached hydrogens (tertiary/aromatic N) is 1. The Bertz CT molecular complexity index is 3340. The maximum atomic E-state index is 6.33. The summed E-state index contributed by atoms with van der Waals surface area (Å²) in [5.41, 5.74) is 15.8. The van der Waals surface area contributed by atoms with Crippen LogP contribution in [0, 0.1) is 0 Å². The van der Waals surface area contributed by atoms with Crippen LogP contribution in [0.15, 0.2) is 180 Å². The fraction of sp³-hybridized carbons (Fsp3) is 0.0566. The molecule has 1 aliphatic carbocycles. The van der Waals surface area contributed by atoms with E-state index in [4.69, 9.17) is 4.42 Å².